The first-order valence-electron chi connectivity index (χ1n) is 7.06. The third-order valence-corrected chi connectivity index (χ3v) is 3.45. The Morgan fingerprint density at radius 1 is 1.58 bits per heavy atom. The van der Waals surface area contributed by atoms with Crippen molar-refractivity contribution >= 4 is 5.91 Å². The Balaban J connectivity index is 1.64. The van der Waals surface area contributed by atoms with Crippen LogP contribution in [0.15, 0.2) is 24.5 Å². The number of rotatable bonds is 5. The summed E-state index contributed by atoms with van der Waals surface area (Å²) < 4.78 is 5.53. The van der Waals surface area contributed by atoms with E-state index in [9.17, 15) is 4.79 Å². The standard InChI is InChI=1S/C15H22N2O2/c1-13-5-3-9-17(12-13)15(18)7-4-10-19-14-6-2-8-16-11-14/h2,6,8,11,13H,3-5,7,9-10,12H2,1H3. The van der Waals surface area contributed by atoms with Gasteiger partial charge in [0, 0.05) is 25.7 Å². The van der Waals surface area contributed by atoms with E-state index in [1.54, 1.807) is 12.4 Å². The maximum Gasteiger partial charge on any atom is 0.222 e. The van der Waals surface area contributed by atoms with Crippen molar-refractivity contribution in [2.24, 2.45) is 5.92 Å². The van der Waals surface area contributed by atoms with Gasteiger partial charge in [0.1, 0.15) is 5.75 Å². The fourth-order valence-electron chi connectivity index (χ4n) is 2.42. The highest BCUT2D eigenvalue weighted by atomic mass is 16.5. The average Bonchev–Trinajstić information content (AvgIpc) is 2.44. The molecule has 0 bridgehead atoms. The quantitative estimate of drug-likeness (QED) is 0.766. The van der Waals surface area contributed by atoms with E-state index >= 15 is 0 Å². The molecule has 19 heavy (non-hydrogen) atoms. The summed E-state index contributed by atoms with van der Waals surface area (Å²) in [6.07, 6.45) is 7.13. The molecule has 1 aromatic rings. The molecular formula is C15H22N2O2. The summed E-state index contributed by atoms with van der Waals surface area (Å²) in [4.78, 5) is 18.0. The summed E-state index contributed by atoms with van der Waals surface area (Å²) in [6.45, 7) is 4.63. The predicted octanol–water partition coefficient (Wildman–Crippen LogP) is 2.50. The van der Waals surface area contributed by atoms with Crippen LogP contribution in [0.4, 0.5) is 0 Å². The molecule has 1 unspecified atom stereocenters. The molecule has 1 aliphatic rings. The van der Waals surface area contributed by atoms with Crippen LogP contribution < -0.4 is 4.74 Å². The summed E-state index contributed by atoms with van der Waals surface area (Å²) >= 11 is 0. The van der Waals surface area contributed by atoms with Crippen molar-refractivity contribution in [2.45, 2.75) is 32.6 Å². The van der Waals surface area contributed by atoms with E-state index in [1.807, 2.05) is 17.0 Å². The lowest BCUT2D eigenvalue weighted by Gasteiger charge is -2.31. The molecule has 0 radical (unpaired) electrons. The summed E-state index contributed by atoms with van der Waals surface area (Å²) in [5.41, 5.74) is 0. The van der Waals surface area contributed by atoms with Gasteiger partial charge in [0.25, 0.3) is 0 Å². The van der Waals surface area contributed by atoms with Gasteiger partial charge in [-0.05, 0) is 37.3 Å². The van der Waals surface area contributed by atoms with Gasteiger partial charge in [-0.25, -0.2) is 0 Å². The van der Waals surface area contributed by atoms with E-state index in [0.29, 0.717) is 18.9 Å². The monoisotopic (exact) mass is 262 g/mol. The molecule has 0 N–H and O–H groups in total. The van der Waals surface area contributed by atoms with Crippen LogP contribution in [0, 0.1) is 5.92 Å². The Bertz CT molecular complexity index is 394. The molecule has 0 aromatic carbocycles. The minimum absolute atomic E-state index is 0.265. The van der Waals surface area contributed by atoms with E-state index in [2.05, 4.69) is 11.9 Å². The molecular weight excluding hydrogens is 240 g/mol. The molecule has 1 amide bonds. The number of hydrogen-bond acceptors (Lipinski definition) is 3. The zero-order valence-electron chi connectivity index (χ0n) is 11.5. The normalized spacial score (nSPS) is 19.2. The topological polar surface area (TPSA) is 42.4 Å². The fraction of sp³-hybridized carbons (Fsp3) is 0.600. The van der Waals surface area contributed by atoms with Gasteiger partial charge in [0.15, 0.2) is 0 Å². The van der Waals surface area contributed by atoms with Crippen LogP contribution in [0.1, 0.15) is 32.6 Å². The fourth-order valence-corrected chi connectivity index (χ4v) is 2.42. The summed E-state index contributed by atoms with van der Waals surface area (Å²) in [5, 5.41) is 0. The van der Waals surface area contributed by atoms with Crippen LogP contribution in [0.25, 0.3) is 0 Å². The SMILES string of the molecule is CC1CCCN(C(=O)CCCOc2cccnc2)C1. The van der Waals surface area contributed by atoms with E-state index in [4.69, 9.17) is 4.74 Å². The molecule has 1 aromatic heterocycles. The Kier molecular flexibility index (Phi) is 5.19. The van der Waals surface area contributed by atoms with Crippen molar-refractivity contribution in [3.63, 3.8) is 0 Å². The zero-order valence-corrected chi connectivity index (χ0v) is 11.5. The van der Waals surface area contributed by atoms with Gasteiger partial charge < -0.3 is 9.64 Å². The van der Waals surface area contributed by atoms with Crippen molar-refractivity contribution in [1.29, 1.82) is 0 Å². The molecule has 2 heterocycles. The maximum atomic E-state index is 12.0. The van der Waals surface area contributed by atoms with Gasteiger partial charge in [0.05, 0.1) is 12.8 Å². The number of piperidine rings is 1. The van der Waals surface area contributed by atoms with Crippen LogP contribution >= 0.6 is 0 Å². The molecule has 4 heteroatoms. The third kappa shape index (κ3) is 4.54. The summed E-state index contributed by atoms with van der Waals surface area (Å²) in [6, 6.07) is 3.72. The first-order valence-corrected chi connectivity index (χ1v) is 7.06. The van der Waals surface area contributed by atoms with Crippen LogP contribution in [0.5, 0.6) is 5.75 Å². The molecule has 1 atom stereocenters. The van der Waals surface area contributed by atoms with Gasteiger partial charge in [0.2, 0.25) is 5.91 Å². The lowest BCUT2D eigenvalue weighted by Crippen LogP contribution is -2.39. The molecule has 1 aliphatic heterocycles. The number of likely N-dealkylation sites (tertiary alicyclic amines) is 1. The van der Waals surface area contributed by atoms with E-state index in [1.165, 1.54) is 6.42 Å². The molecule has 0 spiro atoms. The Hall–Kier alpha value is -1.58. The molecule has 1 saturated heterocycles. The van der Waals surface area contributed by atoms with Gasteiger partial charge in [-0.2, -0.15) is 0 Å². The van der Waals surface area contributed by atoms with Crippen LogP contribution in [0.2, 0.25) is 0 Å². The van der Waals surface area contributed by atoms with Gasteiger partial charge in [-0.3, -0.25) is 9.78 Å². The van der Waals surface area contributed by atoms with Crippen LogP contribution in [-0.4, -0.2) is 35.5 Å². The van der Waals surface area contributed by atoms with Crippen molar-refractivity contribution in [3.05, 3.63) is 24.5 Å². The van der Waals surface area contributed by atoms with Gasteiger partial charge >= 0.3 is 0 Å². The predicted molar refractivity (Wildman–Crippen MR) is 73.9 cm³/mol. The van der Waals surface area contributed by atoms with Crippen molar-refractivity contribution in [1.82, 2.24) is 9.88 Å². The molecule has 1 fully saturated rings. The smallest absolute Gasteiger partial charge is 0.222 e. The Morgan fingerprint density at radius 3 is 3.21 bits per heavy atom. The molecule has 0 aliphatic carbocycles. The lowest BCUT2D eigenvalue weighted by molar-refractivity contribution is -0.133. The molecule has 4 nitrogen and oxygen atoms in total. The van der Waals surface area contributed by atoms with E-state index in [-0.39, 0.29) is 5.91 Å². The summed E-state index contributed by atoms with van der Waals surface area (Å²) in [5.74, 6) is 1.67. The number of carbonyl (C=O) groups excluding carboxylic acids is 1. The van der Waals surface area contributed by atoms with Gasteiger partial charge in [-0.1, -0.05) is 6.92 Å². The van der Waals surface area contributed by atoms with Gasteiger partial charge in [-0.15, -0.1) is 0 Å². The highest BCUT2D eigenvalue weighted by molar-refractivity contribution is 5.76. The van der Waals surface area contributed by atoms with E-state index < -0.39 is 0 Å². The third-order valence-electron chi connectivity index (χ3n) is 3.45. The largest absolute Gasteiger partial charge is 0.492 e. The highest BCUT2D eigenvalue weighted by Crippen LogP contribution is 2.16. The first-order chi connectivity index (χ1) is 9.25. The number of amides is 1. The van der Waals surface area contributed by atoms with Crippen molar-refractivity contribution < 1.29 is 9.53 Å². The van der Waals surface area contributed by atoms with Crippen molar-refractivity contribution in [3.8, 4) is 5.75 Å². The second kappa shape index (κ2) is 7.12. The first kappa shape index (κ1) is 13.8. The molecule has 104 valence electrons. The number of aromatic nitrogens is 1. The Morgan fingerprint density at radius 2 is 2.47 bits per heavy atom. The minimum Gasteiger partial charge on any atom is -0.492 e. The maximum absolute atomic E-state index is 12.0. The Labute approximate surface area is 114 Å². The number of nitrogens with zero attached hydrogens (tertiary/aromatic N) is 2. The van der Waals surface area contributed by atoms with Crippen LogP contribution in [-0.2, 0) is 4.79 Å². The van der Waals surface area contributed by atoms with E-state index in [0.717, 1.165) is 31.7 Å². The minimum atomic E-state index is 0.265. The summed E-state index contributed by atoms with van der Waals surface area (Å²) in [7, 11) is 0. The number of carbonyl (C=O) groups is 1. The second-order valence-corrected chi connectivity index (χ2v) is 5.23. The number of pyridine rings is 1. The highest BCUT2D eigenvalue weighted by Gasteiger charge is 2.20. The average molecular weight is 262 g/mol. The second-order valence-electron chi connectivity index (χ2n) is 5.23. The zero-order chi connectivity index (χ0) is 13.5. The number of ether oxygens (including phenoxy) is 1. The molecule has 0 saturated carbocycles. The van der Waals surface area contributed by atoms with Crippen LogP contribution in [0.3, 0.4) is 0 Å². The lowest BCUT2D eigenvalue weighted by atomic mass is 10.00. The number of hydrogen-bond donors (Lipinski definition) is 0. The molecule has 2 rings (SSSR count). The van der Waals surface area contributed by atoms with Crippen molar-refractivity contribution in [2.75, 3.05) is 19.7 Å².